The summed E-state index contributed by atoms with van der Waals surface area (Å²) in [6.07, 6.45) is 21.5. The fraction of sp³-hybridized carbons (Fsp3) is 0.905. The van der Waals surface area contributed by atoms with Crippen LogP contribution in [-0.4, -0.2) is 26.1 Å². The van der Waals surface area contributed by atoms with Crippen LogP contribution in [0.4, 0.5) is 0 Å². The molecule has 24 heavy (non-hydrogen) atoms. The lowest BCUT2D eigenvalue weighted by atomic mass is 10.1. The van der Waals surface area contributed by atoms with Crippen LogP contribution in [0.15, 0.2) is 12.2 Å². The summed E-state index contributed by atoms with van der Waals surface area (Å²) in [6.45, 7) is 9.47. The van der Waals surface area contributed by atoms with Crippen molar-refractivity contribution in [3.63, 3.8) is 0 Å². The van der Waals surface area contributed by atoms with Gasteiger partial charge in [0.1, 0.15) is 0 Å². The van der Waals surface area contributed by atoms with Crippen molar-refractivity contribution in [1.29, 1.82) is 0 Å². The minimum Gasteiger partial charge on any atom is -0.411 e. The van der Waals surface area contributed by atoms with Gasteiger partial charge in [-0.2, -0.15) is 0 Å². The second-order valence-corrected chi connectivity index (χ2v) is 12.5. The fourth-order valence-electron chi connectivity index (χ4n) is 2.93. The molecule has 0 fully saturated rings. The minimum atomic E-state index is -1.45. The summed E-state index contributed by atoms with van der Waals surface area (Å²) >= 11 is 0. The fourth-order valence-corrected chi connectivity index (χ4v) is 4.03. The molecule has 2 nitrogen and oxygen atoms in total. The van der Waals surface area contributed by atoms with Gasteiger partial charge in [-0.1, -0.05) is 76.9 Å². The maximum atomic E-state index is 8.74. The van der Waals surface area contributed by atoms with Crippen molar-refractivity contribution in [3.8, 4) is 0 Å². The molecule has 0 aromatic carbocycles. The Hall–Kier alpha value is -0.123. The third kappa shape index (κ3) is 18.2. The second-order valence-electron chi connectivity index (χ2n) is 8.03. The van der Waals surface area contributed by atoms with Gasteiger partial charge in [-0.25, -0.2) is 0 Å². The molecular formula is C21H44O2Si. The summed E-state index contributed by atoms with van der Waals surface area (Å²) in [6, 6.07) is 0. The predicted molar refractivity (Wildman–Crippen MR) is 110 cm³/mol. The van der Waals surface area contributed by atoms with E-state index in [1.807, 2.05) is 0 Å². The highest BCUT2D eigenvalue weighted by molar-refractivity contribution is 6.69. The largest absolute Gasteiger partial charge is 0.411 e. The number of hydrogen-bond donors (Lipinski definition) is 1. The third-order valence-electron chi connectivity index (χ3n) is 4.23. The molecule has 0 radical (unpaired) electrons. The van der Waals surface area contributed by atoms with Gasteiger partial charge in [-0.05, 0) is 45.3 Å². The summed E-state index contributed by atoms with van der Waals surface area (Å²) in [5, 5.41) is 8.74. The summed E-state index contributed by atoms with van der Waals surface area (Å²) in [5.41, 5.74) is 0. The van der Waals surface area contributed by atoms with E-state index in [-0.39, 0.29) is 0 Å². The lowest BCUT2D eigenvalue weighted by molar-refractivity contribution is 0.226. The summed E-state index contributed by atoms with van der Waals surface area (Å²) in [4.78, 5) is 0. The number of aliphatic hydroxyl groups is 1. The van der Waals surface area contributed by atoms with Gasteiger partial charge in [0.15, 0.2) is 8.32 Å². The average molecular weight is 357 g/mol. The van der Waals surface area contributed by atoms with Gasteiger partial charge in [0.05, 0.1) is 6.10 Å². The molecule has 0 aliphatic carbocycles. The molecule has 0 amide bonds. The van der Waals surface area contributed by atoms with Crippen molar-refractivity contribution in [1.82, 2.24) is 0 Å². The molecule has 0 aliphatic heterocycles. The van der Waals surface area contributed by atoms with E-state index in [9.17, 15) is 0 Å². The van der Waals surface area contributed by atoms with E-state index < -0.39 is 8.32 Å². The molecule has 1 N–H and O–H groups in total. The molecule has 3 heteroatoms. The molecule has 144 valence electrons. The SMILES string of the molecule is CCCCCC(/C=C/CCCCCCCCCCO)O[Si](C)(C)C. The Balaban J connectivity index is 3.73. The van der Waals surface area contributed by atoms with Crippen molar-refractivity contribution < 1.29 is 9.53 Å². The van der Waals surface area contributed by atoms with Crippen molar-refractivity contribution in [2.75, 3.05) is 6.61 Å². The third-order valence-corrected chi connectivity index (χ3v) is 5.24. The highest BCUT2D eigenvalue weighted by atomic mass is 28.4. The van der Waals surface area contributed by atoms with E-state index in [0.717, 1.165) is 6.42 Å². The molecule has 1 atom stereocenters. The normalized spacial score (nSPS) is 13.7. The first-order chi connectivity index (χ1) is 11.5. The second kappa shape index (κ2) is 16.4. The molecule has 0 rings (SSSR count). The van der Waals surface area contributed by atoms with Gasteiger partial charge < -0.3 is 9.53 Å². The van der Waals surface area contributed by atoms with Crippen molar-refractivity contribution in [2.45, 2.75) is 116 Å². The Kier molecular flexibility index (Phi) is 16.3. The molecule has 0 aliphatic rings. The zero-order chi connectivity index (χ0) is 18.1. The van der Waals surface area contributed by atoms with E-state index in [1.165, 1.54) is 77.0 Å². The van der Waals surface area contributed by atoms with E-state index in [4.69, 9.17) is 9.53 Å². The number of aliphatic hydroxyl groups excluding tert-OH is 1. The molecule has 1 unspecified atom stereocenters. The van der Waals surface area contributed by atoms with Crippen molar-refractivity contribution in [2.24, 2.45) is 0 Å². The van der Waals surface area contributed by atoms with Gasteiger partial charge in [0.25, 0.3) is 0 Å². The first-order valence-electron chi connectivity index (χ1n) is 10.4. The quantitative estimate of drug-likeness (QED) is 0.175. The van der Waals surface area contributed by atoms with Crippen LogP contribution >= 0.6 is 0 Å². The first kappa shape index (κ1) is 23.9. The minimum absolute atomic E-state index is 0.342. The molecule has 0 aromatic rings. The lowest BCUT2D eigenvalue weighted by Crippen LogP contribution is -2.31. The van der Waals surface area contributed by atoms with Crippen LogP contribution in [0.1, 0.15) is 90.4 Å². The molecule has 0 heterocycles. The summed E-state index contributed by atoms with van der Waals surface area (Å²) in [7, 11) is -1.45. The highest BCUT2D eigenvalue weighted by Gasteiger charge is 2.18. The van der Waals surface area contributed by atoms with E-state index in [1.54, 1.807) is 0 Å². The smallest absolute Gasteiger partial charge is 0.184 e. The van der Waals surface area contributed by atoms with Crippen LogP contribution in [0, 0.1) is 0 Å². The molecule has 0 spiro atoms. The standard InChI is InChI=1S/C21H44O2Si/c1-5-6-15-18-21(23-24(2,3)4)19-16-13-11-9-7-8-10-12-14-17-20-22/h16,19,21-22H,5-15,17-18,20H2,1-4H3/b19-16+. The summed E-state index contributed by atoms with van der Waals surface area (Å²) < 4.78 is 6.31. The molecule has 0 aromatic heterocycles. The van der Waals surface area contributed by atoms with Gasteiger partial charge in [0, 0.05) is 6.61 Å². The zero-order valence-corrected chi connectivity index (χ0v) is 18.0. The van der Waals surface area contributed by atoms with Crippen LogP contribution in [0.25, 0.3) is 0 Å². The Morgan fingerprint density at radius 2 is 1.42 bits per heavy atom. The first-order valence-corrected chi connectivity index (χ1v) is 13.9. The van der Waals surface area contributed by atoms with Crippen LogP contribution in [0.3, 0.4) is 0 Å². The number of hydrogen-bond acceptors (Lipinski definition) is 2. The lowest BCUT2D eigenvalue weighted by Gasteiger charge is -2.24. The van der Waals surface area contributed by atoms with Crippen molar-refractivity contribution >= 4 is 8.32 Å². The predicted octanol–water partition coefficient (Wildman–Crippen LogP) is 6.85. The Labute approximate surface area is 153 Å². The summed E-state index contributed by atoms with van der Waals surface area (Å²) in [5.74, 6) is 0. The van der Waals surface area contributed by atoms with Gasteiger partial charge in [-0.15, -0.1) is 0 Å². The monoisotopic (exact) mass is 356 g/mol. The molecule has 0 saturated carbocycles. The van der Waals surface area contributed by atoms with Crippen LogP contribution in [-0.2, 0) is 4.43 Å². The Morgan fingerprint density at radius 1 is 0.833 bits per heavy atom. The van der Waals surface area contributed by atoms with Crippen molar-refractivity contribution in [3.05, 3.63) is 12.2 Å². The van der Waals surface area contributed by atoms with E-state index in [2.05, 4.69) is 38.7 Å². The average Bonchev–Trinajstić information content (AvgIpc) is 2.51. The Bertz CT molecular complexity index is 284. The molecule has 0 bridgehead atoms. The molecule has 0 saturated heterocycles. The maximum absolute atomic E-state index is 8.74. The van der Waals surface area contributed by atoms with Crippen LogP contribution < -0.4 is 0 Å². The topological polar surface area (TPSA) is 29.5 Å². The van der Waals surface area contributed by atoms with Crippen LogP contribution in [0.5, 0.6) is 0 Å². The Morgan fingerprint density at radius 3 is 1.96 bits per heavy atom. The zero-order valence-electron chi connectivity index (χ0n) is 17.0. The number of rotatable bonds is 17. The highest BCUT2D eigenvalue weighted by Crippen LogP contribution is 2.16. The van der Waals surface area contributed by atoms with E-state index >= 15 is 0 Å². The maximum Gasteiger partial charge on any atom is 0.184 e. The van der Waals surface area contributed by atoms with Gasteiger partial charge in [0.2, 0.25) is 0 Å². The van der Waals surface area contributed by atoms with E-state index in [0.29, 0.717) is 12.7 Å². The number of allylic oxidation sites excluding steroid dienone is 1. The molecular weight excluding hydrogens is 312 g/mol. The van der Waals surface area contributed by atoms with Gasteiger partial charge in [-0.3, -0.25) is 0 Å². The number of unbranched alkanes of at least 4 members (excludes halogenated alkanes) is 10. The van der Waals surface area contributed by atoms with Gasteiger partial charge >= 0.3 is 0 Å². The van der Waals surface area contributed by atoms with Crippen LogP contribution in [0.2, 0.25) is 19.6 Å².